The van der Waals surface area contributed by atoms with E-state index in [4.69, 9.17) is 11.6 Å². The Morgan fingerprint density at radius 2 is 2.35 bits per heavy atom. The maximum absolute atomic E-state index is 13.3. The number of aromatic nitrogens is 2. The van der Waals surface area contributed by atoms with E-state index >= 15 is 0 Å². The Bertz CT molecular complexity index is 762. The molecule has 0 saturated carbocycles. The van der Waals surface area contributed by atoms with Gasteiger partial charge in [0, 0.05) is 17.8 Å². The van der Waals surface area contributed by atoms with Crippen LogP contribution in [0.4, 0.5) is 10.1 Å². The molecule has 1 aromatic heterocycles. The number of rotatable bonds is 4. The van der Waals surface area contributed by atoms with Crippen LogP contribution in [0.1, 0.15) is 12.0 Å². The Morgan fingerprint density at radius 3 is 3.09 bits per heavy atom. The quantitative estimate of drug-likeness (QED) is 0.836. The molecule has 1 aliphatic rings. The summed E-state index contributed by atoms with van der Waals surface area (Å²) in [4.78, 5) is 23.5. The number of nitrogens with zero attached hydrogens (tertiary/aromatic N) is 2. The molecule has 6 nitrogen and oxygen atoms in total. The van der Waals surface area contributed by atoms with Crippen LogP contribution < -0.4 is 10.6 Å². The van der Waals surface area contributed by atoms with Crippen LogP contribution >= 0.6 is 11.6 Å². The molecule has 1 atom stereocenters. The van der Waals surface area contributed by atoms with Gasteiger partial charge in [0.2, 0.25) is 11.8 Å². The highest BCUT2D eigenvalue weighted by Crippen LogP contribution is 2.19. The van der Waals surface area contributed by atoms with Crippen molar-refractivity contribution in [3.63, 3.8) is 0 Å². The SMILES string of the molecule is O=C1NCCC1C(=O)Nc1cnn(Cc2cc(F)ccc2Cl)c1. The van der Waals surface area contributed by atoms with Crippen molar-refractivity contribution >= 4 is 29.1 Å². The molecule has 1 fully saturated rings. The molecule has 1 aliphatic heterocycles. The van der Waals surface area contributed by atoms with Gasteiger partial charge in [-0.15, -0.1) is 0 Å². The summed E-state index contributed by atoms with van der Waals surface area (Å²) in [6.45, 7) is 0.782. The topological polar surface area (TPSA) is 76.0 Å². The van der Waals surface area contributed by atoms with Crippen LogP contribution in [0.2, 0.25) is 5.02 Å². The van der Waals surface area contributed by atoms with Crippen molar-refractivity contribution in [3.05, 3.63) is 47.0 Å². The third kappa shape index (κ3) is 3.50. The lowest BCUT2D eigenvalue weighted by atomic mass is 10.1. The Labute approximate surface area is 136 Å². The van der Waals surface area contributed by atoms with Crippen LogP contribution in [0.15, 0.2) is 30.6 Å². The summed E-state index contributed by atoms with van der Waals surface area (Å²) in [5.41, 5.74) is 1.06. The smallest absolute Gasteiger partial charge is 0.237 e. The van der Waals surface area contributed by atoms with Crippen molar-refractivity contribution in [2.45, 2.75) is 13.0 Å². The number of amides is 2. The molecule has 2 N–H and O–H groups in total. The first-order chi connectivity index (χ1) is 11.0. The molecule has 0 aliphatic carbocycles. The number of hydrogen-bond donors (Lipinski definition) is 2. The molecule has 0 spiro atoms. The second-order valence-corrected chi connectivity index (χ2v) is 5.69. The lowest BCUT2D eigenvalue weighted by Gasteiger charge is -2.07. The van der Waals surface area contributed by atoms with Crippen LogP contribution in [-0.4, -0.2) is 28.1 Å². The number of benzene rings is 1. The molecule has 2 heterocycles. The lowest BCUT2D eigenvalue weighted by Crippen LogP contribution is -2.29. The van der Waals surface area contributed by atoms with Gasteiger partial charge >= 0.3 is 0 Å². The Morgan fingerprint density at radius 1 is 1.52 bits per heavy atom. The molecule has 23 heavy (non-hydrogen) atoms. The maximum Gasteiger partial charge on any atom is 0.237 e. The minimum Gasteiger partial charge on any atom is -0.355 e. The van der Waals surface area contributed by atoms with Gasteiger partial charge < -0.3 is 10.6 Å². The number of hydrogen-bond acceptors (Lipinski definition) is 3. The van der Waals surface area contributed by atoms with Crippen molar-refractivity contribution in [2.75, 3.05) is 11.9 Å². The van der Waals surface area contributed by atoms with Crippen LogP contribution in [-0.2, 0) is 16.1 Å². The van der Waals surface area contributed by atoms with E-state index < -0.39 is 5.92 Å². The average molecular weight is 337 g/mol. The third-order valence-electron chi connectivity index (χ3n) is 3.61. The van der Waals surface area contributed by atoms with Gasteiger partial charge in [0.1, 0.15) is 11.7 Å². The van der Waals surface area contributed by atoms with E-state index in [2.05, 4.69) is 15.7 Å². The van der Waals surface area contributed by atoms with Crippen molar-refractivity contribution in [2.24, 2.45) is 5.92 Å². The molecule has 120 valence electrons. The third-order valence-corrected chi connectivity index (χ3v) is 3.97. The highest BCUT2D eigenvalue weighted by molar-refractivity contribution is 6.31. The lowest BCUT2D eigenvalue weighted by molar-refractivity contribution is -0.130. The molecular weight excluding hydrogens is 323 g/mol. The van der Waals surface area contributed by atoms with Gasteiger partial charge in [0.25, 0.3) is 0 Å². The van der Waals surface area contributed by atoms with Crippen molar-refractivity contribution in [1.29, 1.82) is 0 Å². The zero-order valence-corrected chi connectivity index (χ0v) is 12.8. The van der Waals surface area contributed by atoms with E-state index in [1.807, 2.05) is 0 Å². The zero-order valence-electron chi connectivity index (χ0n) is 12.1. The minimum atomic E-state index is -0.670. The Kier molecular flexibility index (Phi) is 4.29. The van der Waals surface area contributed by atoms with Gasteiger partial charge in [0.05, 0.1) is 18.4 Å². The van der Waals surface area contributed by atoms with E-state index in [1.54, 1.807) is 6.20 Å². The van der Waals surface area contributed by atoms with E-state index in [-0.39, 0.29) is 24.2 Å². The van der Waals surface area contributed by atoms with Gasteiger partial charge in [-0.1, -0.05) is 11.6 Å². The van der Waals surface area contributed by atoms with Crippen molar-refractivity contribution in [3.8, 4) is 0 Å². The molecule has 2 amide bonds. The van der Waals surface area contributed by atoms with Crippen molar-refractivity contribution in [1.82, 2.24) is 15.1 Å². The predicted molar refractivity (Wildman–Crippen MR) is 82.5 cm³/mol. The van der Waals surface area contributed by atoms with Gasteiger partial charge in [-0.25, -0.2) is 4.39 Å². The van der Waals surface area contributed by atoms with E-state index in [9.17, 15) is 14.0 Å². The average Bonchev–Trinajstić information content (AvgIpc) is 3.12. The van der Waals surface area contributed by atoms with E-state index in [0.717, 1.165) is 0 Å². The summed E-state index contributed by atoms with van der Waals surface area (Å²) in [5, 5.41) is 9.81. The van der Waals surface area contributed by atoms with E-state index in [1.165, 1.54) is 29.1 Å². The Balaban J connectivity index is 1.67. The zero-order chi connectivity index (χ0) is 16.4. The highest BCUT2D eigenvalue weighted by Gasteiger charge is 2.31. The van der Waals surface area contributed by atoms with Gasteiger partial charge in [-0.2, -0.15) is 5.10 Å². The highest BCUT2D eigenvalue weighted by atomic mass is 35.5. The number of halogens is 2. The van der Waals surface area contributed by atoms with Gasteiger partial charge in [0.15, 0.2) is 0 Å². The summed E-state index contributed by atoms with van der Waals surface area (Å²) < 4.78 is 14.8. The van der Waals surface area contributed by atoms with Crippen LogP contribution in [0.25, 0.3) is 0 Å². The fourth-order valence-electron chi connectivity index (χ4n) is 2.43. The molecule has 3 rings (SSSR count). The summed E-state index contributed by atoms with van der Waals surface area (Å²) in [6.07, 6.45) is 3.56. The van der Waals surface area contributed by atoms with Crippen LogP contribution in [0.3, 0.4) is 0 Å². The first-order valence-corrected chi connectivity index (χ1v) is 7.45. The number of nitrogens with one attached hydrogen (secondary N) is 2. The standard InChI is InChI=1S/C15H14ClFN4O2/c16-13-2-1-10(17)5-9(13)7-21-8-11(6-19-21)20-15(23)12-3-4-18-14(12)22/h1-2,5-6,8,12H,3-4,7H2,(H,18,22)(H,20,23). The second kappa shape index (κ2) is 6.37. The first-order valence-electron chi connectivity index (χ1n) is 7.08. The molecule has 0 radical (unpaired) electrons. The minimum absolute atomic E-state index is 0.263. The molecule has 8 heteroatoms. The molecule has 1 saturated heterocycles. The molecule has 0 bridgehead atoms. The fourth-order valence-corrected chi connectivity index (χ4v) is 2.60. The normalized spacial score (nSPS) is 17.1. The van der Waals surface area contributed by atoms with E-state index in [0.29, 0.717) is 29.2 Å². The predicted octanol–water partition coefficient (Wildman–Crippen LogP) is 1.80. The molecule has 2 aromatic rings. The van der Waals surface area contributed by atoms with Crippen LogP contribution in [0.5, 0.6) is 0 Å². The van der Waals surface area contributed by atoms with Gasteiger partial charge in [-0.05, 0) is 30.2 Å². The largest absolute Gasteiger partial charge is 0.355 e. The Hall–Kier alpha value is -2.41. The fraction of sp³-hybridized carbons (Fsp3) is 0.267. The molecule has 1 unspecified atom stereocenters. The first kappa shape index (κ1) is 15.5. The summed E-state index contributed by atoms with van der Waals surface area (Å²) in [5.74, 6) is -1.67. The summed E-state index contributed by atoms with van der Waals surface area (Å²) in [7, 11) is 0. The summed E-state index contributed by atoms with van der Waals surface area (Å²) in [6, 6.07) is 4.11. The van der Waals surface area contributed by atoms with Crippen molar-refractivity contribution < 1.29 is 14.0 Å². The van der Waals surface area contributed by atoms with Crippen LogP contribution in [0, 0.1) is 11.7 Å². The number of carbonyl (C=O) groups is 2. The van der Waals surface area contributed by atoms with Gasteiger partial charge in [-0.3, -0.25) is 14.3 Å². The number of anilines is 1. The maximum atomic E-state index is 13.3. The summed E-state index contributed by atoms with van der Waals surface area (Å²) >= 11 is 6.02. The molecule has 1 aromatic carbocycles. The number of carbonyl (C=O) groups excluding carboxylic acids is 2. The molecular formula is C15H14ClFN4O2. The monoisotopic (exact) mass is 336 g/mol. The second-order valence-electron chi connectivity index (χ2n) is 5.28.